The van der Waals surface area contributed by atoms with E-state index in [1.165, 1.54) is 20.3 Å². The van der Waals surface area contributed by atoms with Crippen LogP contribution in [0.5, 0.6) is 11.5 Å². The second-order valence-corrected chi connectivity index (χ2v) is 5.19. The number of carboxylic acid groups (broad SMARTS) is 1. The molecule has 0 aliphatic rings. The average Bonchev–Trinajstić information content (AvgIpc) is 2.25. The van der Waals surface area contributed by atoms with E-state index >= 15 is 0 Å². The number of hydrogen-bond donors (Lipinski definition) is 2. The predicted molar refractivity (Wildman–Crippen MR) is 65.0 cm³/mol. The van der Waals surface area contributed by atoms with Gasteiger partial charge in [0.2, 0.25) is 10.0 Å². The Morgan fingerprint density at radius 2 is 1.89 bits per heavy atom. The first kappa shape index (κ1) is 14.1. The van der Waals surface area contributed by atoms with Crippen LogP contribution in [0.3, 0.4) is 0 Å². The summed E-state index contributed by atoms with van der Waals surface area (Å²) in [5.41, 5.74) is -0.101. The van der Waals surface area contributed by atoms with Gasteiger partial charge in [-0.3, -0.25) is 4.72 Å². The molecule has 0 heterocycles. The summed E-state index contributed by atoms with van der Waals surface area (Å²) in [6, 6.07) is 2.40. The van der Waals surface area contributed by atoms with Crippen molar-refractivity contribution in [1.82, 2.24) is 0 Å². The van der Waals surface area contributed by atoms with E-state index in [1.807, 2.05) is 0 Å². The lowest BCUT2D eigenvalue weighted by molar-refractivity contribution is 0.0696. The Hall–Kier alpha value is -1.96. The summed E-state index contributed by atoms with van der Waals surface area (Å²) < 4.78 is 34.5. The van der Waals surface area contributed by atoms with Crippen molar-refractivity contribution in [3.05, 3.63) is 17.7 Å². The Balaban J connectivity index is 3.45. The molecule has 0 aromatic heterocycles. The van der Waals surface area contributed by atoms with Crippen LogP contribution < -0.4 is 14.2 Å². The molecule has 8 heteroatoms. The van der Waals surface area contributed by atoms with Crippen LogP contribution >= 0.6 is 0 Å². The van der Waals surface area contributed by atoms with E-state index in [0.29, 0.717) is 0 Å². The summed E-state index contributed by atoms with van der Waals surface area (Å²) in [5, 5.41) is 8.92. The first-order chi connectivity index (χ1) is 8.28. The van der Waals surface area contributed by atoms with Gasteiger partial charge >= 0.3 is 5.97 Å². The van der Waals surface area contributed by atoms with E-state index in [2.05, 4.69) is 4.72 Å². The fraction of sp³-hybridized carbons (Fsp3) is 0.300. The van der Waals surface area contributed by atoms with Gasteiger partial charge in [0, 0.05) is 0 Å². The molecule has 0 unspecified atom stereocenters. The highest BCUT2D eigenvalue weighted by molar-refractivity contribution is 7.92. The number of sulfonamides is 1. The normalized spacial score (nSPS) is 10.8. The molecule has 0 amide bonds. The standard InChI is InChI=1S/C10H13NO6S/c1-16-8-5-6(10(12)13)4-7(9(8)17-2)11-18(3,14)15/h4-5,11H,1-3H3,(H,12,13). The number of carboxylic acids is 1. The number of anilines is 1. The minimum atomic E-state index is -3.56. The minimum Gasteiger partial charge on any atom is -0.493 e. The van der Waals surface area contributed by atoms with Crippen LogP contribution in [0.1, 0.15) is 10.4 Å². The van der Waals surface area contributed by atoms with Crippen molar-refractivity contribution < 1.29 is 27.8 Å². The summed E-state index contributed by atoms with van der Waals surface area (Å²) in [6.07, 6.45) is 0.951. The Bertz CT molecular complexity index is 566. The molecule has 1 aromatic rings. The molecule has 0 spiro atoms. The monoisotopic (exact) mass is 275 g/mol. The number of nitrogens with one attached hydrogen (secondary N) is 1. The molecule has 7 nitrogen and oxygen atoms in total. The molecule has 0 aliphatic heterocycles. The number of methoxy groups -OCH3 is 2. The lowest BCUT2D eigenvalue weighted by atomic mass is 10.1. The van der Waals surface area contributed by atoms with Gasteiger partial charge in [-0.1, -0.05) is 0 Å². The molecule has 1 rings (SSSR count). The Labute approximate surface area is 104 Å². The summed E-state index contributed by atoms with van der Waals surface area (Å²) in [4.78, 5) is 10.9. The molecule has 0 saturated heterocycles. The maximum Gasteiger partial charge on any atom is 0.335 e. The van der Waals surface area contributed by atoms with Gasteiger partial charge in [0.05, 0.1) is 31.7 Å². The maximum atomic E-state index is 11.2. The van der Waals surface area contributed by atoms with Crippen LogP contribution in [-0.4, -0.2) is 40.0 Å². The molecule has 1 aromatic carbocycles. The molecule has 0 bridgehead atoms. The third-order valence-electron chi connectivity index (χ3n) is 2.02. The molecule has 100 valence electrons. The Kier molecular flexibility index (Phi) is 4.02. The molecule has 0 fully saturated rings. The third kappa shape index (κ3) is 3.27. The van der Waals surface area contributed by atoms with Crippen molar-refractivity contribution in [3.8, 4) is 11.5 Å². The van der Waals surface area contributed by atoms with E-state index in [4.69, 9.17) is 14.6 Å². The maximum absolute atomic E-state index is 11.2. The van der Waals surface area contributed by atoms with Crippen LogP contribution in [0.15, 0.2) is 12.1 Å². The predicted octanol–water partition coefficient (Wildman–Crippen LogP) is 0.774. The zero-order valence-electron chi connectivity index (χ0n) is 10.1. The topological polar surface area (TPSA) is 102 Å². The molecule has 18 heavy (non-hydrogen) atoms. The number of aromatic carboxylic acids is 1. The van der Waals surface area contributed by atoms with Gasteiger partial charge in [-0.05, 0) is 12.1 Å². The Morgan fingerprint density at radius 1 is 1.28 bits per heavy atom. The minimum absolute atomic E-state index is 0.0109. The fourth-order valence-corrected chi connectivity index (χ4v) is 1.91. The molecule has 0 aliphatic carbocycles. The number of ether oxygens (including phenoxy) is 2. The van der Waals surface area contributed by atoms with Crippen molar-refractivity contribution >= 4 is 21.7 Å². The van der Waals surface area contributed by atoms with Gasteiger partial charge in [0.25, 0.3) is 0 Å². The molecule has 2 N–H and O–H groups in total. The highest BCUT2D eigenvalue weighted by atomic mass is 32.2. The zero-order chi connectivity index (χ0) is 13.9. The highest BCUT2D eigenvalue weighted by Gasteiger charge is 2.17. The summed E-state index contributed by atoms with van der Waals surface area (Å²) in [6.45, 7) is 0. The lowest BCUT2D eigenvalue weighted by Gasteiger charge is -2.14. The highest BCUT2D eigenvalue weighted by Crippen LogP contribution is 2.37. The van der Waals surface area contributed by atoms with Gasteiger partial charge in [0.15, 0.2) is 11.5 Å². The smallest absolute Gasteiger partial charge is 0.335 e. The van der Waals surface area contributed by atoms with E-state index in [9.17, 15) is 13.2 Å². The van der Waals surface area contributed by atoms with E-state index < -0.39 is 16.0 Å². The second-order valence-electron chi connectivity index (χ2n) is 3.44. The molecule has 0 radical (unpaired) electrons. The first-order valence-electron chi connectivity index (χ1n) is 4.75. The Morgan fingerprint density at radius 3 is 2.28 bits per heavy atom. The lowest BCUT2D eigenvalue weighted by Crippen LogP contribution is -2.12. The van der Waals surface area contributed by atoms with Crippen molar-refractivity contribution in [2.24, 2.45) is 0 Å². The molecule has 0 atom stereocenters. The van der Waals surface area contributed by atoms with Crippen LogP contribution in [-0.2, 0) is 10.0 Å². The summed E-state index contributed by atoms with van der Waals surface area (Å²) in [7, 11) is -0.903. The number of rotatable bonds is 5. The van der Waals surface area contributed by atoms with Gasteiger partial charge in [-0.15, -0.1) is 0 Å². The van der Waals surface area contributed by atoms with Crippen molar-refractivity contribution in [2.75, 3.05) is 25.2 Å². The van der Waals surface area contributed by atoms with Gasteiger partial charge in [-0.2, -0.15) is 0 Å². The largest absolute Gasteiger partial charge is 0.493 e. The van der Waals surface area contributed by atoms with Crippen LogP contribution in [0.2, 0.25) is 0 Å². The van der Waals surface area contributed by atoms with Crippen LogP contribution in [0.4, 0.5) is 5.69 Å². The molecule has 0 saturated carbocycles. The van der Waals surface area contributed by atoms with Gasteiger partial charge < -0.3 is 14.6 Å². The zero-order valence-corrected chi connectivity index (χ0v) is 10.9. The summed E-state index contributed by atoms with van der Waals surface area (Å²) in [5.74, 6) is -0.955. The van der Waals surface area contributed by atoms with Gasteiger partial charge in [0.1, 0.15) is 0 Å². The fourth-order valence-electron chi connectivity index (χ4n) is 1.36. The van der Waals surface area contributed by atoms with E-state index in [0.717, 1.165) is 12.3 Å². The van der Waals surface area contributed by atoms with E-state index in [1.54, 1.807) is 0 Å². The average molecular weight is 275 g/mol. The van der Waals surface area contributed by atoms with Crippen molar-refractivity contribution in [3.63, 3.8) is 0 Å². The van der Waals surface area contributed by atoms with Gasteiger partial charge in [-0.25, -0.2) is 13.2 Å². The quantitative estimate of drug-likeness (QED) is 0.823. The van der Waals surface area contributed by atoms with E-state index in [-0.39, 0.29) is 22.7 Å². The van der Waals surface area contributed by atoms with Crippen molar-refractivity contribution in [2.45, 2.75) is 0 Å². The second kappa shape index (κ2) is 5.13. The van der Waals surface area contributed by atoms with Crippen LogP contribution in [0, 0.1) is 0 Å². The SMILES string of the molecule is COc1cc(C(=O)O)cc(NS(C)(=O)=O)c1OC. The molecular weight excluding hydrogens is 262 g/mol. The van der Waals surface area contributed by atoms with Crippen LogP contribution in [0.25, 0.3) is 0 Å². The number of benzene rings is 1. The first-order valence-corrected chi connectivity index (χ1v) is 6.64. The number of carbonyl (C=O) groups is 1. The number of hydrogen-bond acceptors (Lipinski definition) is 5. The summed E-state index contributed by atoms with van der Waals surface area (Å²) >= 11 is 0. The van der Waals surface area contributed by atoms with Crippen molar-refractivity contribution in [1.29, 1.82) is 0 Å². The third-order valence-corrected chi connectivity index (χ3v) is 2.61. The molecular formula is C10H13NO6S.